The minimum atomic E-state index is -3.84. The molecule has 1 aliphatic heterocycles. The molecule has 3 aromatic carbocycles. The van der Waals surface area contributed by atoms with Gasteiger partial charge in [-0.25, -0.2) is 17.8 Å². The summed E-state index contributed by atoms with van der Waals surface area (Å²) in [7, 11) is -3.84. The highest BCUT2D eigenvalue weighted by Crippen LogP contribution is 2.35. The summed E-state index contributed by atoms with van der Waals surface area (Å²) in [6.07, 6.45) is 1.15. The summed E-state index contributed by atoms with van der Waals surface area (Å²) in [4.78, 5) is 20.6. The molecule has 192 valence electrons. The lowest BCUT2D eigenvalue weighted by Gasteiger charge is -2.33. The molecule has 0 radical (unpaired) electrons. The molecule has 0 N–H and O–H groups in total. The van der Waals surface area contributed by atoms with E-state index in [1.807, 2.05) is 50.2 Å². The molecule has 0 spiro atoms. The molecule has 0 saturated carbocycles. The lowest BCUT2D eigenvalue weighted by atomic mass is 9.98. The number of rotatable bonds is 6. The molecule has 37 heavy (non-hydrogen) atoms. The number of benzene rings is 3. The monoisotopic (exact) mass is 537 g/mol. The van der Waals surface area contributed by atoms with Crippen LogP contribution in [0.1, 0.15) is 29.5 Å². The van der Waals surface area contributed by atoms with E-state index in [-0.39, 0.29) is 17.3 Å². The van der Waals surface area contributed by atoms with E-state index < -0.39 is 21.8 Å². The minimum Gasteiger partial charge on any atom is -0.283 e. The average Bonchev–Trinajstić information content (AvgIpc) is 3.32. The van der Waals surface area contributed by atoms with E-state index in [9.17, 15) is 17.6 Å². The van der Waals surface area contributed by atoms with Crippen molar-refractivity contribution in [3.8, 4) is 0 Å². The van der Waals surface area contributed by atoms with Crippen molar-refractivity contribution in [1.29, 1.82) is 0 Å². The Balaban J connectivity index is 1.46. The number of aryl methyl sites for hydroxylation is 2. The fourth-order valence-corrected chi connectivity index (χ4v) is 7.37. The molecule has 1 unspecified atom stereocenters. The zero-order chi connectivity index (χ0) is 26.2. The van der Waals surface area contributed by atoms with Crippen molar-refractivity contribution >= 4 is 42.6 Å². The molecule has 6 nitrogen and oxygen atoms in total. The quantitative estimate of drug-likeness (QED) is 0.317. The van der Waals surface area contributed by atoms with Gasteiger partial charge in [-0.2, -0.15) is 4.31 Å². The minimum absolute atomic E-state index is 0.0279. The van der Waals surface area contributed by atoms with Gasteiger partial charge in [-0.05, 0) is 73.7 Å². The third-order valence-corrected chi connectivity index (χ3v) is 9.78. The van der Waals surface area contributed by atoms with E-state index in [1.165, 1.54) is 27.8 Å². The molecule has 9 heteroatoms. The van der Waals surface area contributed by atoms with E-state index in [2.05, 4.69) is 6.07 Å². The number of anilines is 1. The van der Waals surface area contributed by atoms with Crippen LogP contribution in [0, 0.1) is 25.6 Å². The zero-order valence-corrected chi connectivity index (χ0v) is 22.4. The molecular formula is C28H28FN3O3S2. The smallest absolute Gasteiger partial charge is 0.243 e. The largest absolute Gasteiger partial charge is 0.283 e. The molecule has 1 atom stereocenters. The number of sulfonamides is 1. The number of fused-ring (bicyclic) bond motifs is 1. The van der Waals surface area contributed by atoms with E-state index in [1.54, 1.807) is 4.90 Å². The van der Waals surface area contributed by atoms with Gasteiger partial charge < -0.3 is 0 Å². The van der Waals surface area contributed by atoms with Gasteiger partial charge in [0.05, 0.1) is 27.6 Å². The van der Waals surface area contributed by atoms with Crippen molar-refractivity contribution in [3.05, 3.63) is 89.2 Å². The van der Waals surface area contributed by atoms with Gasteiger partial charge in [-0.15, -0.1) is 0 Å². The van der Waals surface area contributed by atoms with Crippen LogP contribution in [0.3, 0.4) is 0 Å². The number of carbonyl (C=O) groups is 1. The third-order valence-electron chi connectivity index (χ3n) is 6.67. The first-order valence-corrected chi connectivity index (χ1v) is 14.5. The van der Waals surface area contributed by atoms with Gasteiger partial charge in [-0.3, -0.25) is 9.69 Å². The zero-order valence-electron chi connectivity index (χ0n) is 20.7. The van der Waals surface area contributed by atoms with Crippen LogP contribution in [-0.4, -0.2) is 36.7 Å². The van der Waals surface area contributed by atoms with Crippen LogP contribution in [0.5, 0.6) is 0 Å². The summed E-state index contributed by atoms with van der Waals surface area (Å²) in [6.45, 7) is 4.81. The highest BCUT2D eigenvalue weighted by atomic mass is 32.2. The molecule has 4 aromatic rings. The predicted octanol–water partition coefficient (Wildman–Crippen LogP) is 5.69. The maximum absolute atomic E-state index is 14.0. The Morgan fingerprint density at radius 3 is 2.57 bits per heavy atom. The topological polar surface area (TPSA) is 70.6 Å². The molecule has 0 aliphatic carbocycles. The highest BCUT2D eigenvalue weighted by molar-refractivity contribution is 7.89. The van der Waals surface area contributed by atoms with Crippen LogP contribution < -0.4 is 4.90 Å². The molecule has 5 rings (SSSR count). The van der Waals surface area contributed by atoms with Crippen molar-refractivity contribution in [2.24, 2.45) is 5.92 Å². The lowest BCUT2D eigenvalue weighted by molar-refractivity contribution is -0.123. The highest BCUT2D eigenvalue weighted by Gasteiger charge is 2.36. The Morgan fingerprint density at radius 1 is 1.11 bits per heavy atom. The molecule has 2 heterocycles. The van der Waals surface area contributed by atoms with E-state index in [0.717, 1.165) is 39.0 Å². The summed E-state index contributed by atoms with van der Waals surface area (Å²) in [5.41, 5.74) is 4.04. The molecule has 1 aromatic heterocycles. The number of amides is 1. The Morgan fingerprint density at radius 2 is 1.84 bits per heavy atom. The van der Waals surface area contributed by atoms with Crippen molar-refractivity contribution in [3.63, 3.8) is 0 Å². The van der Waals surface area contributed by atoms with E-state index >= 15 is 0 Å². The fourth-order valence-electron chi connectivity index (χ4n) is 4.82. The van der Waals surface area contributed by atoms with Crippen molar-refractivity contribution in [2.75, 3.05) is 18.0 Å². The summed E-state index contributed by atoms with van der Waals surface area (Å²) in [5.74, 6) is -1.15. The summed E-state index contributed by atoms with van der Waals surface area (Å²) in [5, 5.41) is 0.607. The summed E-state index contributed by atoms with van der Waals surface area (Å²) >= 11 is 1.48. The van der Waals surface area contributed by atoms with Gasteiger partial charge in [0.2, 0.25) is 15.9 Å². The second-order valence-corrected chi connectivity index (χ2v) is 12.4. The number of piperidine rings is 1. The van der Waals surface area contributed by atoms with Gasteiger partial charge in [-0.1, -0.05) is 47.7 Å². The lowest BCUT2D eigenvalue weighted by Crippen LogP contribution is -2.46. The number of halogens is 1. The van der Waals surface area contributed by atoms with E-state index in [4.69, 9.17) is 4.98 Å². The van der Waals surface area contributed by atoms with Gasteiger partial charge in [0.1, 0.15) is 5.82 Å². The van der Waals surface area contributed by atoms with Gasteiger partial charge in [0.15, 0.2) is 5.13 Å². The molecule has 1 fully saturated rings. The fraction of sp³-hybridized carbons (Fsp3) is 0.286. The first kappa shape index (κ1) is 25.5. The molecule has 1 aliphatic rings. The second-order valence-electron chi connectivity index (χ2n) is 9.49. The normalized spacial score (nSPS) is 16.7. The molecule has 1 saturated heterocycles. The Kier molecular flexibility index (Phi) is 7.11. The predicted molar refractivity (Wildman–Crippen MR) is 145 cm³/mol. The average molecular weight is 538 g/mol. The number of hydrogen-bond acceptors (Lipinski definition) is 5. The maximum Gasteiger partial charge on any atom is 0.243 e. The number of carbonyl (C=O) groups excluding carboxylic acids is 1. The van der Waals surface area contributed by atoms with E-state index in [0.29, 0.717) is 31.1 Å². The third kappa shape index (κ3) is 5.30. The molecule has 1 amide bonds. The number of aromatic nitrogens is 1. The van der Waals surface area contributed by atoms with Gasteiger partial charge in [0, 0.05) is 13.1 Å². The van der Waals surface area contributed by atoms with Crippen LogP contribution in [0.25, 0.3) is 10.2 Å². The first-order chi connectivity index (χ1) is 17.7. The van der Waals surface area contributed by atoms with Crippen molar-refractivity contribution in [1.82, 2.24) is 9.29 Å². The first-order valence-electron chi connectivity index (χ1n) is 12.2. The standard InChI is InChI=1S/C28H28FN3O3S2/c1-19-15-20(2)26-25(16-19)30-28(36-26)32(17-21-7-4-3-5-8-21)27(33)22-9-6-14-31(18-22)37(34,35)24-12-10-23(29)11-13-24/h3-5,7-8,10-13,15-16,22H,6,9,14,17-18H2,1-2H3. The number of nitrogens with zero attached hydrogens (tertiary/aromatic N) is 3. The number of hydrogen-bond donors (Lipinski definition) is 0. The van der Waals surface area contributed by atoms with Crippen LogP contribution in [-0.2, 0) is 21.4 Å². The Bertz CT molecular complexity index is 1540. The van der Waals surface area contributed by atoms with Crippen molar-refractivity contribution in [2.45, 2.75) is 38.1 Å². The maximum atomic E-state index is 14.0. The van der Waals surface area contributed by atoms with Crippen LogP contribution in [0.4, 0.5) is 9.52 Å². The molecule has 0 bridgehead atoms. The number of thiazole rings is 1. The van der Waals surface area contributed by atoms with Crippen molar-refractivity contribution < 1.29 is 17.6 Å². The summed E-state index contributed by atoms with van der Waals surface area (Å²) in [6, 6.07) is 18.7. The second kappa shape index (κ2) is 10.3. The van der Waals surface area contributed by atoms with Crippen LogP contribution in [0.15, 0.2) is 71.6 Å². The van der Waals surface area contributed by atoms with Crippen LogP contribution in [0.2, 0.25) is 0 Å². The van der Waals surface area contributed by atoms with Gasteiger partial charge >= 0.3 is 0 Å². The Hall–Kier alpha value is -3.14. The van der Waals surface area contributed by atoms with Gasteiger partial charge in [0.25, 0.3) is 0 Å². The molecular weight excluding hydrogens is 509 g/mol. The summed E-state index contributed by atoms with van der Waals surface area (Å²) < 4.78 is 42.3. The Labute approximate surface area is 220 Å². The van der Waals surface area contributed by atoms with Crippen LogP contribution >= 0.6 is 11.3 Å². The SMILES string of the molecule is Cc1cc(C)c2sc(N(Cc3ccccc3)C(=O)C3CCCN(S(=O)(=O)c4ccc(F)cc4)C3)nc2c1.